The molecule has 6 heteroatoms. The molecule has 0 saturated carbocycles. The maximum absolute atomic E-state index is 13.0. The number of amides is 1. The molecule has 3 aromatic rings. The molecule has 0 fully saturated rings. The molecule has 5 nitrogen and oxygen atoms in total. The third-order valence-electron chi connectivity index (χ3n) is 4.88. The fraction of sp³-hybridized carbons (Fsp3) is 0.273. The van der Waals surface area contributed by atoms with E-state index in [1.165, 1.54) is 23.3 Å². The molecule has 0 saturated heterocycles. The standard InChI is InChI=1S/C22H21FN2O3/c23-17-10-8-16(9-11-17)21-12-18(25-28-21)13-27-14-22(26)24-20-7-3-5-15-4-1-2-6-19(15)20/h1-2,4,6,8-12,20H,3,5,7,13-14H2,(H,24,26)/t20-/m1/s1. The molecule has 144 valence electrons. The predicted octanol–water partition coefficient (Wildman–Crippen LogP) is 4.19. The molecule has 1 aliphatic carbocycles. The Morgan fingerprint density at radius 3 is 2.89 bits per heavy atom. The number of halogens is 1. The summed E-state index contributed by atoms with van der Waals surface area (Å²) < 4.78 is 23.7. The van der Waals surface area contributed by atoms with Gasteiger partial charge in [0, 0.05) is 11.6 Å². The highest BCUT2D eigenvalue weighted by molar-refractivity contribution is 5.77. The Morgan fingerprint density at radius 1 is 1.21 bits per heavy atom. The van der Waals surface area contributed by atoms with Crippen molar-refractivity contribution in [1.82, 2.24) is 10.5 Å². The van der Waals surface area contributed by atoms with Gasteiger partial charge in [0.25, 0.3) is 0 Å². The second-order valence-corrected chi connectivity index (χ2v) is 6.89. The number of rotatable bonds is 6. The van der Waals surface area contributed by atoms with E-state index in [1.54, 1.807) is 18.2 Å². The van der Waals surface area contributed by atoms with E-state index in [9.17, 15) is 9.18 Å². The minimum atomic E-state index is -0.307. The van der Waals surface area contributed by atoms with Crippen molar-refractivity contribution in [2.75, 3.05) is 6.61 Å². The van der Waals surface area contributed by atoms with Crippen LogP contribution in [0, 0.1) is 5.82 Å². The van der Waals surface area contributed by atoms with Crippen LogP contribution in [0.1, 0.15) is 35.7 Å². The smallest absolute Gasteiger partial charge is 0.246 e. The summed E-state index contributed by atoms with van der Waals surface area (Å²) in [6, 6.07) is 16.0. The third-order valence-corrected chi connectivity index (χ3v) is 4.88. The summed E-state index contributed by atoms with van der Waals surface area (Å²) in [5.41, 5.74) is 3.81. The summed E-state index contributed by atoms with van der Waals surface area (Å²) in [6.45, 7) is 0.122. The van der Waals surface area contributed by atoms with E-state index in [2.05, 4.69) is 22.6 Å². The summed E-state index contributed by atoms with van der Waals surface area (Å²) in [7, 11) is 0. The Labute approximate surface area is 162 Å². The topological polar surface area (TPSA) is 64.4 Å². The van der Waals surface area contributed by atoms with Gasteiger partial charge in [-0.1, -0.05) is 29.4 Å². The SMILES string of the molecule is O=C(COCc1cc(-c2ccc(F)cc2)on1)N[C@@H]1CCCc2ccccc21. The molecule has 1 amide bonds. The lowest BCUT2D eigenvalue weighted by atomic mass is 9.88. The van der Waals surface area contributed by atoms with Gasteiger partial charge in [-0.2, -0.15) is 0 Å². The fourth-order valence-electron chi connectivity index (χ4n) is 3.52. The molecule has 2 aromatic carbocycles. The first-order chi connectivity index (χ1) is 13.7. The normalized spacial score (nSPS) is 15.8. The van der Waals surface area contributed by atoms with E-state index in [-0.39, 0.29) is 31.0 Å². The highest BCUT2D eigenvalue weighted by Crippen LogP contribution is 2.29. The minimum Gasteiger partial charge on any atom is -0.365 e. The summed E-state index contributed by atoms with van der Waals surface area (Å²) in [6.07, 6.45) is 3.06. The largest absolute Gasteiger partial charge is 0.365 e. The van der Waals surface area contributed by atoms with Crippen LogP contribution in [0.5, 0.6) is 0 Å². The van der Waals surface area contributed by atoms with Gasteiger partial charge in [0.1, 0.15) is 18.1 Å². The molecule has 1 atom stereocenters. The van der Waals surface area contributed by atoms with E-state index in [1.807, 2.05) is 12.1 Å². The zero-order chi connectivity index (χ0) is 19.3. The van der Waals surface area contributed by atoms with Gasteiger partial charge in [-0.3, -0.25) is 4.79 Å². The summed E-state index contributed by atoms with van der Waals surface area (Å²) in [4.78, 5) is 12.3. The lowest BCUT2D eigenvalue weighted by molar-refractivity contribution is -0.127. The molecule has 4 rings (SSSR count). The predicted molar refractivity (Wildman–Crippen MR) is 102 cm³/mol. The van der Waals surface area contributed by atoms with Crippen molar-refractivity contribution in [2.24, 2.45) is 0 Å². The molecule has 1 heterocycles. The van der Waals surface area contributed by atoms with Crippen LogP contribution in [0.25, 0.3) is 11.3 Å². The summed E-state index contributed by atoms with van der Waals surface area (Å²) >= 11 is 0. The zero-order valence-corrected chi connectivity index (χ0v) is 15.4. The Morgan fingerprint density at radius 2 is 2.04 bits per heavy atom. The van der Waals surface area contributed by atoms with Gasteiger partial charge in [-0.15, -0.1) is 0 Å². The summed E-state index contributed by atoms with van der Waals surface area (Å²) in [5.74, 6) is 0.0734. The first-order valence-corrected chi connectivity index (χ1v) is 9.35. The van der Waals surface area contributed by atoms with Crippen molar-refractivity contribution in [3.05, 3.63) is 77.2 Å². The number of hydrogen-bond donors (Lipinski definition) is 1. The zero-order valence-electron chi connectivity index (χ0n) is 15.4. The molecule has 1 aromatic heterocycles. The van der Waals surface area contributed by atoms with Gasteiger partial charge in [0.05, 0.1) is 12.6 Å². The van der Waals surface area contributed by atoms with Gasteiger partial charge in [-0.05, 0) is 54.7 Å². The average Bonchev–Trinajstić information content (AvgIpc) is 3.18. The number of nitrogens with zero attached hydrogens (tertiary/aromatic N) is 1. The lowest BCUT2D eigenvalue weighted by Gasteiger charge is -2.26. The van der Waals surface area contributed by atoms with Crippen LogP contribution in [0.4, 0.5) is 4.39 Å². The Bertz CT molecular complexity index is 952. The molecule has 0 radical (unpaired) electrons. The maximum atomic E-state index is 13.0. The van der Waals surface area contributed by atoms with Gasteiger partial charge < -0.3 is 14.6 Å². The van der Waals surface area contributed by atoms with Gasteiger partial charge in [-0.25, -0.2) is 4.39 Å². The highest BCUT2D eigenvalue weighted by Gasteiger charge is 2.21. The molecule has 1 N–H and O–H groups in total. The van der Waals surface area contributed by atoms with E-state index in [0.717, 1.165) is 24.8 Å². The first-order valence-electron chi connectivity index (χ1n) is 9.35. The number of hydrogen-bond acceptors (Lipinski definition) is 4. The van der Waals surface area contributed by atoms with Crippen molar-refractivity contribution < 1.29 is 18.4 Å². The number of aryl methyl sites for hydroxylation is 1. The van der Waals surface area contributed by atoms with Crippen LogP contribution in [0.15, 0.2) is 59.1 Å². The number of benzene rings is 2. The van der Waals surface area contributed by atoms with E-state index in [4.69, 9.17) is 9.26 Å². The van der Waals surface area contributed by atoms with Gasteiger partial charge in [0.2, 0.25) is 5.91 Å². The molecule has 0 aliphatic heterocycles. The fourth-order valence-corrected chi connectivity index (χ4v) is 3.52. The highest BCUT2D eigenvalue weighted by atomic mass is 19.1. The molecular weight excluding hydrogens is 359 g/mol. The summed E-state index contributed by atoms with van der Waals surface area (Å²) in [5, 5.41) is 6.99. The number of aromatic nitrogens is 1. The van der Waals surface area contributed by atoms with Gasteiger partial charge in [0.15, 0.2) is 5.76 Å². The quantitative estimate of drug-likeness (QED) is 0.696. The number of carbonyl (C=O) groups excluding carboxylic acids is 1. The molecule has 1 aliphatic rings. The third kappa shape index (κ3) is 4.28. The maximum Gasteiger partial charge on any atom is 0.246 e. The molecule has 28 heavy (non-hydrogen) atoms. The Hall–Kier alpha value is -2.99. The second kappa shape index (κ2) is 8.35. The monoisotopic (exact) mass is 380 g/mol. The lowest BCUT2D eigenvalue weighted by Crippen LogP contribution is -2.33. The number of ether oxygens (including phenoxy) is 1. The van der Waals surface area contributed by atoms with E-state index >= 15 is 0 Å². The average molecular weight is 380 g/mol. The van der Waals surface area contributed by atoms with Crippen molar-refractivity contribution in [1.29, 1.82) is 0 Å². The number of fused-ring (bicyclic) bond motifs is 1. The minimum absolute atomic E-state index is 0.0400. The molecule has 0 bridgehead atoms. The van der Waals surface area contributed by atoms with Crippen LogP contribution in [0.2, 0.25) is 0 Å². The van der Waals surface area contributed by atoms with Crippen molar-refractivity contribution >= 4 is 5.91 Å². The van der Waals surface area contributed by atoms with Crippen LogP contribution >= 0.6 is 0 Å². The van der Waals surface area contributed by atoms with Crippen LogP contribution in [0.3, 0.4) is 0 Å². The van der Waals surface area contributed by atoms with Crippen LogP contribution in [-0.4, -0.2) is 17.7 Å². The van der Waals surface area contributed by atoms with E-state index < -0.39 is 0 Å². The Kier molecular flexibility index (Phi) is 5.48. The van der Waals surface area contributed by atoms with E-state index in [0.29, 0.717) is 11.5 Å². The number of nitrogens with one attached hydrogen (secondary N) is 1. The van der Waals surface area contributed by atoms with Gasteiger partial charge >= 0.3 is 0 Å². The second-order valence-electron chi connectivity index (χ2n) is 6.89. The van der Waals surface area contributed by atoms with Crippen molar-refractivity contribution in [2.45, 2.75) is 31.9 Å². The Balaban J connectivity index is 1.28. The van der Waals surface area contributed by atoms with Crippen LogP contribution < -0.4 is 5.32 Å². The number of carbonyl (C=O) groups is 1. The molecule has 0 spiro atoms. The molecular formula is C22H21FN2O3. The molecule has 0 unspecified atom stereocenters. The van der Waals surface area contributed by atoms with Crippen molar-refractivity contribution in [3.8, 4) is 11.3 Å². The van der Waals surface area contributed by atoms with Crippen molar-refractivity contribution in [3.63, 3.8) is 0 Å². The van der Waals surface area contributed by atoms with Crippen LogP contribution in [-0.2, 0) is 22.6 Å². The first kappa shape index (κ1) is 18.4.